The van der Waals surface area contributed by atoms with E-state index < -0.39 is 18.1 Å². The van der Waals surface area contributed by atoms with Crippen LogP contribution in [0, 0.1) is 0 Å². The van der Waals surface area contributed by atoms with Gasteiger partial charge < -0.3 is 14.8 Å². The number of carbonyl (C=O) groups excluding carboxylic acids is 2. The van der Waals surface area contributed by atoms with Crippen LogP contribution in [0.5, 0.6) is 0 Å². The first-order chi connectivity index (χ1) is 12.8. The molecule has 152 valence electrons. The Kier molecular flexibility index (Phi) is 10.4. The van der Waals surface area contributed by atoms with E-state index in [2.05, 4.69) is 10.6 Å². The van der Waals surface area contributed by atoms with Crippen LogP contribution in [0.15, 0.2) is 30.3 Å². The lowest BCUT2D eigenvalue weighted by atomic mass is 10.0. The predicted molar refractivity (Wildman–Crippen MR) is 110 cm³/mol. The van der Waals surface area contributed by atoms with E-state index in [4.69, 9.17) is 9.47 Å². The lowest BCUT2D eigenvalue weighted by Crippen LogP contribution is -2.52. The number of hydrogen-bond acceptors (Lipinski definition) is 6. The van der Waals surface area contributed by atoms with Crippen molar-refractivity contribution in [1.82, 2.24) is 10.6 Å². The minimum atomic E-state index is -0.654. The monoisotopic (exact) mass is 396 g/mol. The van der Waals surface area contributed by atoms with Crippen molar-refractivity contribution < 1.29 is 19.1 Å². The molecule has 0 heterocycles. The summed E-state index contributed by atoms with van der Waals surface area (Å²) in [4.78, 5) is 24.8. The van der Waals surface area contributed by atoms with Gasteiger partial charge >= 0.3 is 5.97 Å². The van der Waals surface area contributed by atoms with Crippen molar-refractivity contribution >= 4 is 23.6 Å². The molecular formula is C20H32N2O4S. The SMILES string of the molecule is COC(=O)C(CCSC)NC(=O)C(Cc1ccccc1)NCOC(C)(C)C. The smallest absolute Gasteiger partial charge is 0.328 e. The van der Waals surface area contributed by atoms with Gasteiger partial charge in [-0.25, -0.2) is 4.79 Å². The minimum absolute atomic E-state index is 0.238. The van der Waals surface area contributed by atoms with Crippen molar-refractivity contribution in [3.8, 4) is 0 Å². The van der Waals surface area contributed by atoms with Crippen molar-refractivity contribution in [2.45, 2.75) is 51.3 Å². The third kappa shape index (κ3) is 9.79. The number of benzene rings is 1. The number of rotatable bonds is 11. The van der Waals surface area contributed by atoms with Crippen LogP contribution in [0.4, 0.5) is 0 Å². The van der Waals surface area contributed by atoms with E-state index in [-0.39, 0.29) is 18.2 Å². The molecule has 0 bridgehead atoms. The van der Waals surface area contributed by atoms with E-state index in [1.807, 2.05) is 57.4 Å². The molecule has 2 N–H and O–H groups in total. The number of ether oxygens (including phenoxy) is 2. The van der Waals surface area contributed by atoms with Crippen molar-refractivity contribution in [1.29, 1.82) is 0 Å². The van der Waals surface area contributed by atoms with E-state index in [0.29, 0.717) is 12.8 Å². The van der Waals surface area contributed by atoms with Crippen LogP contribution in [0.3, 0.4) is 0 Å². The number of amides is 1. The van der Waals surface area contributed by atoms with E-state index in [1.165, 1.54) is 7.11 Å². The van der Waals surface area contributed by atoms with E-state index in [1.54, 1.807) is 11.8 Å². The molecule has 1 rings (SSSR count). The Morgan fingerprint density at radius 1 is 1.15 bits per heavy atom. The average molecular weight is 397 g/mol. The van der Waals surface area contributed by atoms with E-state index >= 15 is 0 Å². The summed E-state index contributed by atoms with van der Waals surface area (Å²) in [5.41, 5.74) is 0.716. The first-order valence-electron chi connectivity index (χ1n) is 9.05. The molecule has 2 unspecified atom stereocenters. The van der Waals surface area contributed by atoms with E-state index in [0.717, 1.165) is 11.3 Å². The molecule has 0 fully saturated rings. The van der Waals surface area contributed by atoms with Gasteiger partial charge in [-0.2, -0.15) is 11.8 Å². The molecule has 0 aliphatic carbocycles. The Balaban J connectivity index is 2.81. The Morgan fingerprint density at radius 3 is 2.37 bits per heavy atom. The third-order valence-electron chi connectivity index (χ3n) is 3.85. The number of esters is 1. The standard InChI is InChI=1S/C20H32N2O4S/c1-20(2,3)26-14-21-17(13-15-9-7-6-8-10-15)18(23)22-16(11-12-27-5)19(24)25-4/h6-10,16-17,21H,11-14H2,1-5H3,(H,22,23). The van der Waals surface area contributed by atoms with Gasteiger partial charge in [0, 0.05) is 0 Å². The van der Waals surface area contributed by atoms with Gasteiger partial charge in [0.1, 0.15) is 6.04 Å². The second-order valence-electron chi connectivity index (χ2n) is 7.21. The van der Waals surface area contributed by atoms with Gasteiger partial charge in [-0.3, -0.25) is 10.1 Å². The number of nitrogens with one attached hydrogen (secondary N) is 2. The molecule has 7 heteroatoms. The highest BCUT2D eigenvalue weighted by Gasteiger charge is 2.26. The summed E-state index contributed by atoms with van der Waals surface area (Å²) in [6, 6.07) is 8.58. The molecule has 0 aliphatic rings. The van der Waals surface area contributed by atoms with Crippen molar-refractivity contribution in [2.24, 2.45) is 0 Å². The zero-order valence-corrected chi connectivity index (χ0v) is 17.7. The van der Waals surface area contributed by atoms with Gasteiger partial charge in [0.05, 0.1) is 25.5 Å². The van der Waals surface area contributed by atoms with Crippen LogP contribution < -0.4 is 10.6 Å². The summed E-state index contributed by atoms with van der Waals surface area (Å²) >= 11 is 1.62. The fourth-order valence-electron chi connectivity index (χ4n) is 2.37. The van der Waals surface area contributed by atoms with Gasteiger partial charge in [0.25, 0.3) is 0 Å². The Bertz CT molecular complexity index is 575. The van der Waals surface area contributed by atoms with Crippen LogP contribution in [-0.2, 0) is 25.5 Å². The lowest BCUT2D eigenvalue weighted by Gasteiger charge is -2.25. The predicted octanol–water partition coefficient (Wildman–Crippen LogP) is 2.37. The highest BCUT2D eigenvalue weighted by atomic mass is 32.2. The molecule has 27 heavy (non-hydrogen) atoms. The van der Waals surface area contributed by atoms with Gasteiger partial charge in [-0.1, -0.05) is 30.3 Å². The molecule has 0 radical (unpaired) electrons. The van der Waals surface area contributed by atoms with Crippen LogP contribution in [0.2, 0.25) is 0 Å². The first kappa shape index (κ1) is 23.5. The normalized spacial score (nSPS) is 13.7. The van der Waals surface area contributed by atoms with Gasteiger partial charge in [0.2, 0.25) is 5.91 Å². The average Bonchev–Trinajstić information content (AvgIpc) is 2.63. The van der Waals surface area contributed by atoms with Gasteiger partial charge in [-0.05, 0) is 51.2 Å². The molecular weight excluding hydrogens is 364 g/mol. The van der Waals surface area contributed by atoms with E-state index in [9.17, 15) is 9.59 Å². The Labute approximate surface area is 166 Å². The topological polar surface area (TPSA) is 76.7 Å². The summed E-state index contributed by atoms with van der Waals surface area (Å²) < 4.78 is 10.5. The van der Waals surface area contributed by atoms with Crippen molar-refractivity contribution in [2.75, 3.05) is 25.8 Å². The molecule has 0 spiro atoms. The maximum atomic E-state index is 12.9. The third-order valence-corrected chi connectivity index (χ3v) is 4.49. The van der Waals surface area contributed by atoms with Crippen LogP contribution in [0.25, 0.3) is 0 Å². The van der Waals surface area contributed by atoms with Gasteiger partial charge in [-0.15, -0.1) is 0 Å². The highest BCUT2D eigenvalue weighted by Crippen LogP contribution is 2.08. The zero-order valence-electron chi connectivity index (χ0n) is 16.9. The van der Waals surface area contributed by atoms with Crippen molar-refractivity contribution in [3.05, 3.63) is 35.9 Å². The number of carbonyl (C=O) groups is 2. The number of thioether (sulfide) groups is 1. The van der Waals surface area contributed by atoms with Gasteiger partial charge in [0.15, 0.2) is 0 Å². The quantitative estimate of drug-likeness (QED) is 0.442. The molecule has 2 atom stereocenters. The maximum absolute atomic E-state index is 12.9. The van der Waals surface area contributed by atoms with Crippen LogP contribution >= 0.6 is 11.8 Å². The molecule has 0 saturated carbocycles. The summed E-state index contributed by atoms with van der Waals surface area (Å²) in [6.45, 7) is 6.10. The number of methoxy groups -OCH3 is 1. The maximum Gasteiger partial charge on any atom is 0.328 e. The minimum Gasteiger partial charge on any atom is -0.467 e. The molecule has 6 nitrogen and oxygen atoms in total. The molecule has 0 saturated heterocycles. The summed E-state index contributed by atoms with van der Waals surface area (Å²) in [5.74, 6) is 0.0823. The van der Waals surface area contributed by atoms with Crippen molar-refractivity contribution in [3.63, 3.8) is 0 Å². The summed E-state index contributed by atoms with van der Waals surface area (Å²) in [7, 11) is 1.33. The second-order valence-corrected chi connectivity index (χ2v) is 8.20. The number of hydrogen-bond donors (Lipinski definition) is 2. The lowest BCUT2D eigenvalue weighted by molar-refractivity contribution is -0.145. The summed E-state index contributed by atoms with van der Waals surface area (Å²) in [6.07, 6.45) is 2.98. The first-order valence-corrected chi connectivity index (χ1v) is 10.4. The molecule has 0 aromatic heterocycles. The largest absolute Gasteiger partial charge is 0.467 e. The molecule has 1 aromatic rings. The Hall–Kier alpha value is -1.57. The summed E-state index contributed by atoms with van der Waals surface area (Å²) in [5, 5.41) is 5.98. The van der Waals surface area contributed by atoms with Crippen LogP contribution in [-0.4, -0.2) is 55.4 Å². The Morgan fingerprint density at radius 2 is 1.81 bits per heavy atom. The fourth-order valence-corrected chi connectivity index (χ4v) is 2.84. The zero-order chi connectivity index (χ0) is 20.3. The molecule has 1 aromatic carbocycles. The fraction of sp³-hybridized carbons (Fsp3) is 0.600. The molecule has 1 amide bonds. The molecule has 0 aliphatic heterocycles. The highest BCUT2D eigenvalue weighted by molar-refractivity contribution is 7.98. The second kappa shape index (κ2) is 12.0. The van der Waals surface area contributed by atoms with Crippen LogP contribution in [0.1, 0.15) is 32.8 Å².